The summed E-state index contributed by atoms with van der Waals surface area (Å²) in [5, 5.41) is 8.41. The minimum atomic E-state index is 0.654. The SMILES string of the molecule is CC.CC.COc1ccc(C#N)cc1. The zero-order valence-corrected chi connectivity index (χ0v) is 9.66. The molecule has 0 radical (unpaired) electrons. The highest BCUT2D eigenvalue weighted by atomic mass is 16.5. The summed E-state index contributed by atoms with van der Waals surface area (Å²) in [5.74, 6) is 0.777. The molecule has 0 aromatic heterocycles. The number of methoxy groups -OCH3 is 1. The van der Waals surface area contributed by atoms with Crippen LogP contribution in [0, 0.1) is 11.3 Å². The van der Waals surface area contributed by atoms with Gasteiger partial charge in [-0.05, 0) is 24.3 Å². The molecule has 0 aliphatic rings. The predicted molar refractivity (Wildman–Crippen MR) is 60.4 cm³/mol. The monoisotopic (exact) mass is 193 g/mol. The van der Waals surface area contributed by atoms with Crippen molar-refractivity contribution < 1.29 is 4.74 Å². The summed E-state index contributed by atoms with van der Waals surface area (Å²) in [6, 6.07) is 8.99. The predicted octanol–water partition coefficient (Wildman–Crippen LogP) is 3.62. The molecule has 0 aliphatic carbocycles. The van der Waals surface area contributed by atoms with Crippen LogP contribution in [0.25, 0.3) is 0 Å². The van der Waals surface area contributed by atoms with E-state index in [9.17, 15) is 0 Å². The second kappa shape index (κ2) is 11.5. The molecule has 78 valence electrons. The fourth-order valence-corrected chi connectivity index (χ4v) is 0.666. The van der Waals surface area contributed by atoms with Crippen LogP contribution in [0.5, 0.6) is 5.75 Å². The van der Waals surface area contributed by atoms with E-state index in [0.29, 0.717) is 5.56 Å². The van der Waals surface area contributed by atoms with Crippen molar-refractivity contribution in [2.45, 2.75) is 27.7 Å². The van der Waals surface area contributed by atoms with Crippen molar-refractivity contribution in [2.24, 2.45) is 0 Å². The van der Waals surface area contributed by atoms with Crippen LogP contribution in [-0.4, -0.2) is 7.11 Å². The Morgan fingerprint density at radius 3 is 1.71 bits per heavy atom. The molecular weight excluding hydrogens is 174 g/mol. The smallest absolute Gasteiger partial charge is 0.118 e. The first-order valence-electron chi connectivity index (χ1n) is 4.91. The van der Waals surface area contributed by atoms with Crippen molar-refractivity contribution in [1.29, 1.82) is 5.26 Å². The van der Waals surface area contributed by atoms with E-state index in [1.807, 2.05) is 33.8 Å². The second-order valence-corrected chi connectivity index (χ2v) is 1.84. The highest BCUT2D eigenvalue weighted by molar-refractivity contribution is 5.34. The number of hydrogen-bond donors (Lipinski definition) is 0. The third-order valence-corrected chi connectivity index (χ3v) is 1.22. The molecule has 0 fully saturated rings. The number of benzene rings is 1. The summed E-state index contributed by atoms with van der Waals surface area (Å²) in [4.78, 5) is 0. The van der Waals surface area contributed by atoms with Gasteiger partial charge in [0.2, 0.25) is 0 Å². The van der Waals surface area contributed by atoms with Crippen molar-refractivity contribution in [1.82, 2.24) is 0 Å². The minimum Gasteiger partial charge on any atom is -0.497 e. The summed E-state index contributed by atoms with van der Waals surface area (Å²) < 4.78 is 4.90. The molecule has 1 aromatic carbocycles. The van der Waals surface area contributed by atoms with Gasteiger partial charge >= 0.3 is 0 Å². The fraction of sp³-hybridized carbons (Fsp3) is 0.417. The molecule has 0 heterocycles. The molecule has 0 saturated heterocycles. The van der Waals surface area contributed by atoms with Gasteiger partial charge in [0, 0.05) is 0 Å². The van der Waals surface area contributed by atoms with Gasteiger partial charge in [-0.25, -0.2) is 0 Å². The molecule has 0 bridgehead atoms. The maximum atomic E-state index is 8.41. The van der Waals surface area contributed by atoms with Crippen LogP contribution >= 0.6 is 0 Å². The average Bonchev–Trinajstić information content (AvgIpc) is 2.34. The van der Waals surface area contributed by atoms with E-state index in [1.54, 1.807) is 31.4 Å². The Hall–Kier alpha value is -1.49. The van der Waals surface area contributed by atoms with Gasteiger partial charge in [0.05, 0.1) is 18.7 Å². The lowest BCUT2D eigenvalue weighted by Gasteiger charge is -1.96. The maximum absolute atomic E-state index is 8.41. The van der Waals surface area contributed by atoms with Crippen molar-refractivity contribution in [3.05, 3.63) is 29.8 Å². The standard InChI is InChI=1S/C8H7NO.2C2H6/c1-10-8-4-2-7(6-9)3-5-8;2*1-2/h2-5H,1H3;2*1-2H3. The summed E-state index contributed by atoms with van der Waals surface area (Å²) in [7, 11) is 1.60. The Balaban J connectivity index is 0. The third kappa shape index (κ3) is 6.07. The van der Waals surface area contributed by atoms with Crippen LogP contribution in [0.2, 0.25) is 0 Å². The van der Waals surface area contributed by atoms with E-state index in [-0.39, 0.29) is 0 Å². The molecule has 0 amide bonds. The van der Waals surface area contributed by atoms with Gasteiger partial charge in [0.15, 0.2) is 0 Å². The van der Waals surface area contributed by atoms with Gasteiger partial charge in [-0.3, -0.25) is 0 Å². The summed E-state index contributed by atoms with van der Waals surface area (Å²) in [5.41, 5.74) is 0.654. The minimum absolute atomic E-state index is 0.654. The number of rotatable bonds is 1. The van der Waals surface area contributed by atoms with Crippen molar-refractivity contribution in [2.75, 3.05) is 7.11 Å². The van der Waals surface area contributed by atoms with Gasteiger partial charge < -0.3 is 4.74 Å². The molecule has 1 rings (SSSR count). The molecule has 0 aliphatic heterocycles. The Morgan fingerprint density at radius 1 is 1.00 bits per heavy atom. The molecule has 0 unspecified atom stereocenters. The first kappa shape index (κ1) is 15.0. The van der Waals surface area contributed by atoms with E-state index in [4.69, 9.17) is 10.00 Å². The lowest BCUT2D eigenvalue weighted by Crippen LogP contribution is -1.81. The summed E-state index contributed by atoms with van der Waals surface area (Å²) in [6.07, 6.45) is 0. The van der Waals surface area contributed by atoms with E-state index in [1.165, 1.54) is 0 Å². The van der Waals surface area contributed by atoms with Crippen LogP contribution in [0.15, 0.2) is 24.3 Å². The Kier molecular flexibility index (Phi) is 12.3. The van der Waals surface area contributed by atoms with Gasteiger partial charge in [-0.15, -0.1) is 0 Å². The first-order chi connectivity index (χ1) is 6.86. The van der Waals surface area contributed by atoms with Crippen molar-refractivity contribution in [3.63, 3.8) is 0 Å². The molecule has 2 nitrogen and oxygen atoms in total. The lowest BCUT2D eigenvalue weighted by atomic mass is 10.2. The number of nitrogens with zero attached hydrogens (tertiary/aromatic N) is 1. The van der Waals surface area contributed by atoms with Crippen LogP contribution in [0.1, 0.15) is 33.3 Å². The quantitative estimate of drug-likeness (QED) is 0.682. The van der Waals surface area contributed by atoms with Gasteiger partial charge in [-0.2, -0.15) is 5.26 Å². The van der Waals surface area contributed by atoms with E-state index >= 15 is 0 Å². The highest BCUT2D eigenvalue weighted by Gasteiger charge is 1.89. The van der Waals surface area contributed by atoms with Crippen LogP contribution in [0.3, 0.4) is 0 Å². The Labute approximate surface area is 87.1 Å². The second-order valence-electron chi connectivity index (χ2n) is 1.84. The van der Waals surface area contributed by atoms with Crippen LogP contribution < -0.4 is 4.74 Å². The number of ether oxygens (including phenoxy) is 1. The molecule has 0 N–H and O–H groups in total. The summed E-state index contributed by atoms with van der Waals surface area (Å²) >= 11 is 0. The van der Waals surface area contributed by atoms with E-state index in [0.717, 1.165) is 5.75 Å². The first-order valence-corrected chi connectivity index (χ1v) is 4.91. The van der Waals surface area contributed by atoms with Crippen molar-refractivity contribution >= 4 is 0 Å². The summed E-state index contributed by atoms with van der Waals surface area (Å²) in [6.45, 7) is 8.00. The molecule has 14 heavy (non-hydrogen) atoms. The molecule has 1 aromatic rings. The Morgan fingerprint density at radius 2 is 1.43 bits per heavy atom. The average molecular weight is 193 g/mol. The normalized spacial score (nSPS) is 6.86. The fourth-order valence-electron chi connectivity index (χ4n) is 0.666. The van der Waals surface area contributed by atoms with Crippen LogP contribution in [-0.2, 0) is 0 Å². The van der Waals surface area contributed by atoms with Gasteiger partial charge in [0.25, 0.3) is 0 Å². The number of nitriles is 1. The van der Waals surface area contributed by atoms with Crippen LogP contribution in [0.4, 0.5) is 0 Å². The third-order valence-electron chi connectivity index (χ3n) is 1.22. The zero-order chi connectivity index (χ0) is 11.4. The molecule has 0 saturated carbocycles. The largest absolute Gasteiger partial charge is 0.497 e. The topological polar surface area (TPSA) is 33.0 Å². The van der Waals surface area contributed by atoms with Crippen molar-refractivity contribution in [3.8, 4) is 11.8 Å². The lowest BCUT2D eigenvalue weighted by molar-refractivity contribution is 0.415. The van der Waals surface area contributed by atoms with E-state index < -0.39 is 0 Å². The molecule has 0 spiro atoms. The molecule has 2 heteroatoms. The molecular formula is C12H19NO. The maximum Gasteiger partial charge on any atom is 0.118 e. The highest BCUT2D eigenvalue weighted by Crippen LogP contribution is 2.09. The van der Waals surface area contributed by atoms with Gasteiger partial charge in [-0.1, -0.05) is 27.7 Å². The number of hydrogen-bond acceptors (Lipinski definition) is 2. The van der Waals surface area contributed by atoms with Gasteiger partial charge in [0.1, 0.15) is 5.75 Å². The van der Waals surface area contributed by atoms with E-state index in [2.05, 4.69) is 0 Å². The Bertz CT molecular complexity index is 246. The molecule has 0 atom stereocenters. The zero-order valence-electron chi connectivity index (χ0n) is 9.66.